The lowest BCUT2D eigenvalue weighted by molar-refractivity contribution is -0.158. The van der Waals surface area contributed by atoms with Gasteiger partial charge in [-0.1, -0.05) is 32.8 Å². The minimum absolute atomic E-state index is 0.514. The Kier molecular flexibility index (Phi) is 8.11. The first-order valence-electron chi connectivity index (χ1n) is 5.94. The normalized spacial score (nSPS) is 14.4. The van der Waals surface area contributed by atoms with Gasteiger partial charge in [-0.2, -0.15) is 0 Å². The number of phosphoric ester groups is 1. The van der Waals surface area contributed by atoms with Crippen LogP contribution in [0, 0.1) is 0 Å². The summed E-state index contributed by atoms with van der Waals surface area (Å²) >= 11 is 0. The van der Waals surface area contributed by atoms with Gasteiger partial charge >= 0.3 is 13.8 Å². The summed E-state index contributed by atoms with van der Waals surface area (Å²) in [7, 11) is -4.64. The van der Waals surface area contributed by atoms with Crippen LogP contribution in [0.5, 0.6) is 0 Å². The predicted octanol–water partition coefficient (Wildman–Crippen LogP) is 2.51. The van der Waals surface area contributed by atoms with Crippen molar-refractivity contribution >= 4 is 13.8 Å². The largest absolute Gasteiger partial charge is 0.472 e. The molecule has 7 heteroatoms. The molecular formula is C11H21O6P. The Hall–Kier alpha value is -0.680. The van der Waals surface area contributed by atoms with E-state index in [0.717, 1.165) is 19.3 Å². The molecule has 0 bridgehead atoms. The number of phosphoric acid groups is 1. The van der Waals surface area contributed by atoms with Gasteiger partial charge in [0, 0.05) is 5.57 Å². The van der Waals surface area contributed by atoms with Crippen LogP contribution in [0.4, 0.5) is 0 Å². The van der Waals surface area contributed by atoms with Crippen LogP contribution in [0.1, 0.15) is 46.5 Å². The molecule has 0 aromatic carbocycles. The van der Waals surface area contributed by atoms with Crippen LogP contribution < -0.4 is 0 Å². The van der Waals surface area contributed by atoms with Crippen molar-refractivity contribution in [2.24, 2.45) is 0 Å². The Morgan fingerprint density at radius 2 is 1.94 bits per heavy atom. The number of rotatable bonds is 8. The molecule has 6 nitrogen and oxygen atoms in total. The van der Waals surface area contributed by atoms with E-state index in [2.05, 4.69) is 4.52 Å². The number of allylic oxidation sites excluding steroid dienone is 1. The Labute approximate surface area is 107 Å². The average Bonchev–Trinajstić information content (AvgIpc) is 2.21. The highest BCUT2D eigenvalue weighted by atomic mass is 31.2. The summed E-state index contributed by atoms with van der Waals surface area (Å²) < 4.78 is 19.6. The van der Waals surface area contributed by atoms with Crippen molar-refractivity contribution in [2.45, 2.75) is 52.7 Å². The van der Waals surface area contributed by atoms with Gasteiger partial charge in [0.1, 0.15) is 0 Å². The van der Waals surface area contributed by atoms with Gasteiger partial charge in [-0.15, -0.1) is 0 Å². The Morgan fingerprint density at radius 3 is 2.39 bits per heavy atom. The maximum atomic E-state index is 11.7. The lowest BCUT2D eigenvalue weighted by Crippen LogP contribution is -2.18. The van der Waals surface area contributed by atoms with Crippen LogP contribution in [0.15, 0.2) is 11.6 Å². The topological polar surface area (TPSA) is 93.1 Å². The predicted molar refractivity (Wildman–Crippen MR) is 66.6 cm³/mol. The van der Waals surface area contributed by atoms with Crippen molar-refractivity contribution in [2.75, 3.05) is 0 Å². The molecule has 0 spiro atoms. The molecule has 0 aliphatic heterocycles. The molecule has 0 radical (unpaired) electrons. The molecule has 1 unspecified atom stereocenters. The second-order valence-corrected chi connectivity index (χ2v) is 5.03. The van der Waals surface area contributed by atoms with E-state index in [4.69, 9.17) is 14.5 Å². The number of esters is 1. The maximum Gasteiger partial charge on any atom is 0.472 e. The van der Waals surface area contributed by atoms with Crippen LogP contribution in [0.2, 0.25) is 0 Å². The van der Waals surface area contributed by atoms with Gasteiger partial charge in [0.15, 0.2) is 0 Å². The Bertz CT molecular complexity index is 332. The molecule has 1 atom stereocenters. The van der Waals surface area contributed by atoms with E-state index in [1.165, 1.54) is 6.92 Å². The first kappa shape index (κ1) is 17.3. The summed E-state index contributed by atoms with van der Waals surface area (Å²) in [6.07, 6.45) is 3.54. The van der Waals surface area contributed by atoms with Crippen LogP contribution in [-0.4, -0.2) is 22.0 Å². The van der Waals surface area contributed by atoms with Gasteiger partial charge in [-0.25, -0.2) is 13.9 Å². The molecule has 0 aromatic rings. The zero-order valence-electron chi connectivity index (χ0n) is 11.0. The molecule has 18 heavy (non-hydrogen) atoms. The Morgan fingerprint density at radius 1 is 1.33 bits per heavy atom. The molecule has 0 saturated carbocycles. The van der Waals surface area contributed by atoms with E-state index in [0.29, 0.717) is 12.0 Å². The summed E-state index contributed by atoms with van der Waals surface area (Å²) in [5.41, 5.74) is 0.514. The molecule has 0 saturated heterocycles. The van der Waals surface area contributed by atoms with Crippen molar-refractivity contribution in [1.29, 1.82) is 0 Å². The fourth-order valence-electron chi connectivity index (χ4n) is 1.32. The number of unbranched alkanes of at least 4 members (excludes halogenated alkanes) is 1. The van der Waals surface area contributed by atoms with E-state index >= 15 is 0 Å². The summed E-state index contributed by atoms with van der Waals surface area (Å²) in [5, 5.41) is 0. The monoisotopic (exact) mass is 280 g/mol. The van der Waals surface area contributed by atoms with E-state index in [1.807, 2.05) is 13.8 Å². The maximum absolute atomic E-state index is 11.7. The number of carbonyl (C=O) groups excluding carboxylic acids is 1. The number of ether oxygens (including phenoxy) is 1. The van der Waals surface area contributed by atoms with E-state index in [9.17, 15) is 9.36 Å². The van der Waals surface area contributed by atoms with E-state index < -0.39 is 20.1 Å². The van der Waals surface area contributed by atoms with Crippen molar-refractivity contribution < 1.29 is 28.4 Å². The first-order chi connectivity index (χ1) is 8.30. The third kappa shape index (κ3) is 8.42. The van der Waals surface area contributed by atoms with Crippen LogP contribution in [-0.2, 0) is 18.6 Å². The van der Waals surface area contributed by atoms with Gasteiger partial charge in [0.25, 0.3) is 0 Å². The highest BCUT2D eigenvalue weighted by molar-refractivity contribution is 7.46. The number of hydrogen-bond acceptors (Lipinski definition) is 4. The Balaban J connectivity index is 4.46. The quantitative estimate of drug-likeness (QED) is 0.307. The van der Waals surface area contributed by atoms with E-state index in [1.54, 1.807) is 6.08 Å². The van der Waals surface area contributed by atoms with Gasteiger partial charge < -0.3 is 14.5 Å². The zero-order valence-corrected chi connectivity index (χ0v) is 11.9. The standard InChI is InChI=1S/C11H21O6P/c1-4-6-8-10(7-5-2)11(12)16-9(3)17-18(13,14)15/h8-9H,4-7H2,1-3H3,(H2,13,14,15). The second kappa shape index (κ2) is 8.43. The summed E-state index contributed by atoms with van der Waals surface area (Å²) in [6.45, 7) is 5.19. The lowest BCUT2D eigenvalue weighted by atomic mass is 10.1. The minimum Gasteiger partial charge on any atom is -0.432 e. The first-order valence-corrected chi connectivity index (χ1v) is 7.47. The molecule has 0 heterocycles. The zero-order chi connectivity index (χ0) is 14.2. The highest BCUT2D eigenvalue weighted by Crippen LogP contribution is 2.37. The molecular weight excluding hydrogens is 259 g/mol. The third-order valence-corrected chi connectivity index (χ3v) is 2.59. The molecule has 0 rings (SSSR count). The van der Waals surface area contributed by atoms with E-state index in [-0.39, 0.29) is 0 Å². The SMILES string of the molecule is CCCC=C(CCC)C(=O)OC(C)OP(=O)(O)O. The molecule has 106 valence electrons. The molecule has 0 aliphatic carbocycles. The van der Waals surface area contributed by atoms with Crippen LogP contribution >= 0.6 is 7.82 Å². The van der Waals surface area contributed by atoms with Gasteiger partial charge in [0.05, 0.1) is 0 Å². The third-order valence-electron chi connectivity index (χ3n) is 2.02. The second-order valence-electron chi connectivity index (χ2n) is 3.84. The molecule has 0 aliphatic rings. The molecule has 0 fully saturated rings. The molecule has 0 amide bonds. The highest BCUT2D eigenvalue weighted by Gasteiger charge is 2.22. The number of hydrogen-bond donors (Lipinski definition) is 2. The van der Waals surface area contributed by atoms with Crippen molar-refractivity contribution in [3.8, 4) is 0 Å². The van der Waals surface area contributed by atoms with Gasteiger partial charge in [0.2, 0.25) is 6.29 Å². The lowest BCUT2D eigenvalue weighted by Gasteiger charge is -2.15. The molecule has 0 aromatic heterocycles. The average molecular weight is 280 g/mol. The fraction of sp³-hybridized carbons (Fsp3) is 0.727. The van der Waals surface area contributed by atoms with Crippen molar-refractivity contribution in [1.82, 2.24) is 0 Å². The fourth-order valence-corrected chi connectivity index (χ4v) is 1.75. The van der Waals surface area contributed by atoms with Crippen LogP contribution in [0.3, 0.4) is 0 Å². The smallest absolute Gasteiger partial charge is 0.432 e. The van der Waals surface area contributed by atoms with Crippen LogP contribution in [0.25, 0.3) is 0 Å². The van der Waals surface area contributed by atoms with Gasteiger partial charge in [-0.05, 0) is 19.8 Å². The van der Waals surface area contributed by atoms with Crippen molar-refractivity contribution in [3.05, 3.63) is 11.6 Å². The van der Waals surface area contributed by atoms with Gasteiger partial charge in [-0.3, -0.25) is 0 Å². The van der Waals surface area contributed by atoms with Crippen molar-refractivity contribution in [3.63, 3.8) is 0 Å². The summed E-state index contributed by atoms with van der Waals surface area (Å²) in [6, 6.07) is 0. The summed E-state index contributed by atoms with van der Waals surface area (Å²) in [5.74, 6) is -0.591. The number of carbonyl (C=O) groups is 1. The minimum atomic E-state index is -4.64. The summed E-state index contributed by atoms with van der Waals surface area (Å²) in [4.78, 5) is 28.8. The molecule has 2 N–H and O–H groups in total.